The molecule has 6 nitrogen and oxygen atoms in total. The van der Waals surface area contributed by atoms with Crippen LogP contribution in [0.2, 0.25) is 0 Å². The smallest absolute Gasteiger partial charge is 0.317 e. The van der Waals surface area contributed by atoms with Crippen LogP contribution in [0.3, 0.4) is 0 Å². The largest absolute Gasteiger partial charge is 0.480 e. The fourth-order valence-electron chi connectivity index (χ4n) is 1.59. The Hall–Kier alpha value is -0.690. The molecule has 0 aliphatic rings. The highest BCUT2D eigenvalue weighted by Gasteiger charge is 2.19. The summed E-state index contributed by atoms with van der Waals surface area (Å²) in [6.07, 6.45) is -1.78. The third-order valence-electron chi connectivity index (χ3n) is 2.30. The maximum Gasteiger partial charge on any atom is 0.317 e. The number of rotatable bonds is 8. The van der Waals surface area contributed by atoms with Crippen LogP contribution in [0.5, 0.6) is 0 Å². The summed E-state index contributed by atoms with van der Waals surface area (Å²) < 4.78 is 0. The maximum atomic E-state index is 10.4. The van der Waals surface area contributed by atoms with Crippen LogP contribution in [0.15, 0.2) is 0 Å². The van der Waals surface area contributed by atoms with E-state index >= 15 is 0 Å². The van der Waals surface area contributed by atoms with E-state index in [2.05, 4.69) is 0 Å². The van der Waals surface area contributed by atoms with Crippen molar-refractivity contribution in [2.45, 2.75) is 25.6 Å². The molecule has 0 rings (SSSR count). The quantitative estimate of drug-likeness (QED) is 0.419. The van der Waals surface area contributed by atoms with Gasteiger partial charge in [0, 0.05) is 6.54 Å². The number of nitrogens with zero attached hydrogens (tertiary/aromatic N) is 1. The second-order valence-corrected chi connectivity index (χ2v) is 4.25. The van der Waals surface area contributed by atoms with E-state index in [-0.39, 0.29) is 12.5 Å². The lowest BCUT2D eigenvalue weighted by Gasteiger charge is -2.23. The van der Waals surface area contributed by atoms with Gasteiger partial charge < -0.3 is 20.4 Å². The number of hydrogen-bond acceptors (Lipinski definition) is 5. The molecule has 96 valence electrons. The summed E-state index contributed by atoms with van der Waals surface area (Å²) in [4.78, 5) is 12.0. The molecule has 3 atom stereocenters. The first-order valence-corrected chi connectivity index (χ1v) is 5.24. The second kappa shape index (κ2) is 7.56. The summed E-state index contributed by atoms with van der Waals surface area (Å²) in [7, 11) is 1.68. The number of carboxylic acid groups (broad SMARTS) is 1. The Morgan fingerprint density at radius 1 is 1.31 bits per heavy atom. The van der Waals surface area contributed by atoms with E-state index in [1.54, 1.807) is 11.9 Å². The summed E-state index contributed by atoms with van der Waals surface area (Å²) >= 11 is 0. The van der Waals surface area contributed by atoms with Gasteiger partial charge in [0.25, 0.3) is 0 Å². The van der Waals surface area contributed by atoms with Crippen LogP contribution >= 0.6 is 0 Å². The Morgan fingerprint density at radius 3 is 2.31 bits per heavy atom. The molecule has 0 aromatic carbocycles. The van der Waals surface area contributed by atoms with E-state index in [0.29, 0.717) is 13.0 Å². The molecular weight excluding hydrogens is 214 g/mol. The first-order chi connectivity index (χ1) is 7.36. The maximum absolute atomic E-state index is 10.4. The summed E-state index contributed by atoms with van der Waals surface area (Å²) in [5.74, 6) is -0.855. The standard InChI is InChI=1S/C10H21NO5/c1-7(3-8(13)9(14)6-12)4-11(2)5-10(15)16/h7-9,12-14H,3-6H2,1-2H3,(H,15,16)/t7?,8-,9+/m0/s1. The number of aliphatic hydroxyl groups is 3. The van der Waals surface area contributed by atoms with Gasteiger partial charge in [-0.15, -0.1) is 0 Å². The fraction of sp³-hybridized carbons (Fsp3) is 0.900. The molecule has 0 fully saturated rings. The van der Waals surface area contributed by atoms with Crippen LogP contribution in [0, 0.1) is 5.92 Å². The summed E-state index contributed by atoms with van der Waals surface area (Å²) in [6, 6.07) is 0. The van der Waals surface area contributed by atoms with Gasteiger partial charge in [-0.1, -0.05) is 6.92 Å². The summed E-state index contributed by atoms with van der Waals surface area (Å²) in [6.45, 7) is 1.84. The van der Waals surface area contributed by atoms with Gasteiger partial charge in [-0.2, -0.15) is 0 Å². The molecule has 0 heterocycles. The van der Waals surface area contributed by atoms with Crippen molar-refractivity contribution in [2.75, 3.05) is 26.7 Å². The number of carboxylic acids is 1. The number of carbonyl (C=O) groups is 1. The Morgan fingerprint density at radius 2 is 1.88 bits per heavy atom. The minimum atomic E-state index is -1.13. The van der Waals surface area contributed by atoms with Crippen LogP contribution in [0.25, 0.3) is 0 Å². The van der Waals surface area contributed by atoms with E-state index in [1.165, 1.54) is 0 Å². The average molecular weight is 235 g/mol. The molecule has 0 aromatic rings. The molecular formula is C10H21NO5. The van der Waals surface area contributed by atoms with Crippen molar-refractivity contribution in [3.63, 3.8) is 0 Å². The van der Waals surface area contributed by atoms with Crippen LogP contribution in [0.4, 0.5) is 0 Å². The van der Waals surface area contributed by atoms with Gasteiger partial charge in [0.15, 0.2) is 0 Å². The van der Waals surface area contributed by atoms with Gasteiger partial charge in [0.1, 0.15) is 6.10 Å². The third-order valence-corrected chi connectivity index (χ3v) is 2.30. The van der Waals surface area contributed by atoms with E-state index in [1.807, 2.05) is 6.92 Å². The third kappa shape index (κ3) is 6.73. The molecule has 0 radical (unpaired) electrons. The molecule has 16 heavy (non-hydrogen) atoms. The van der Waals surface area contributed by atoms with E-state index in [0.717, 1.165) is 0 Å². The molecule has 0 aliphatic heterocycles. The first-order valence-electron chi connectivity index (χ1n) is 5.24. The van der Waals surface area contributed by atoms with Gasteiger partial charge in [0.2, 0.25) is 0 Å². The highest BCUT2D eigenvalue weighted by Crippen LogP contribution is 2.10. The van der Waals surface area contributed by atoms with Gasteiger partial charge in [-0.05, 0) is 19.4 Å². The second-order valence-electron chi connectivity index (χ2n) is 4.25. The Labute approximate surface area is 95.1 Å². The molecule has 0 saturated carbocycles. The van der Waals surface area contributed by atoms with E-state index in [9.17, 15) is 9.90 Å². The minimum absolute atomic E-state index is 0.0422. The van der Waals surface area contributed by atoms with Crippen molar-refractivity contribution in [2.24, 2.45) is 5.92 Å². The molecule has 6 heteroatoms. The lowest BCUT2D eigenvalue weighted by Crippen LogP contribution is -2.35. The molecule has 4 N–H and O–H groups in total. The lowest BCUT2D eigenvalue weighted by molar-refractivity contribution is -0.138. The topological polar surface area (TPSA) is 101 Å². The fourth-order valence-corrected chi connectivity index (χ4v) is 1.59. The molecule has 0 saturated heterocycles. The first kappa shape index (κ1) is 15.3. The van der Waals surface area contributed by atoms with Crippen LogP contribution in [-0.2, 0) is 4.79 Å². The number of hydrogen-bond donors (Lipinski definition) is 4. The monoisotopic (exact) mass is 235 g/mol. The minimum Gasteiger partial charge on any atom is -0.480 e. The predicted octanol–water partition coefficient (Wildman–Crippen LogP) is -1.26. The van der Waals surface area contributed by atoms with Gasteiger partial charge in [0.05, 0.1) is 19.3 Å². The highest BCUT2D eigenvalue weighted by molar-refractivity contribution is 5.68. The van der Waals surface area contributed by atoms with Crippen LogP contribution in [0.1, 0.15) is 13.3 Å². The molecule has 0 bridgehead atoms. The Bertz CT molecular complexity index is 211. The molecule has 0 spiro atoms. The zero-order valence-corrected chi connectivity index (χ0v) is 9.70. The van der Waals surface area contributed by atoms with Gasteiger partial charge >= 0.3 is 5.97 Å². The van der Waals surface area contributed by atoms with E-state index in [4.69, 9.17) is 15.3 Å². The molecule has 0 aliphatic carbocycles. The van der Waals surface area contributed by atoms with Crippen molar-refractivity contribution in [3.8, 4) is 0 Å². The van der Waals surface area contributed by atoms with Crippen LogP contribution < -0.4 is 0 Å². The van der Waals surface area contributed by atoms with Crippen molar-refractivity contribution in [1.82, 2.24) is 4.90 Å². The molecule has 0 aromatic heterocycles. The number of likely N-dealkylation sites (N-methyl/N-ethyl adjacent to an activating group) is 1. The summed E-state index contributed by atoms with van der Waals surface area (Å²) in [5, 5.41) is 35.7. The lowest BCUT2D eigenvalue weighted by atomic mass is 10.00. The zero-order valence-electron chi connectivity index (χ0n) is 9.70. The SMILES string of the molecule is CC(C[C@H](O)[C@H](O)CO)CN(C)CC(=O)O. The molecule has 0 amide bonds. The van der Waals surface area contributed by atoms with Crippen LogP contribution in [-0.4, -0.2) is 70.2 Å². The zero-order chi connectivity index (χ0) is 12.7. The number of aliphatic hydroxyl groups excluding tert-OH is 3. The van der Waals surface area contributed by atoms with Crippen molar-refractivity contribution in [1.29, 1.82) is 0 Å². The summed E-state index contributed by atoms with van der Waals surface area (Å²) in [5.41, 5.74) is 0. The highest BCUT2D eigenvalue weighted by atomic mass is 16.4. The van der Waals surface area contributed by atoms with E-state index < -0.39 is 24.8 Å². The van der Waals surface area contributed by atoms with Crippen molar-refractivity contribution in [3.05, 3.63) is 0 Å². The van der Waals surface area contributed by atoms with Crippen molar-refractivity contribution >= 4 is 5.97 Å². The Kier molecular flexibility index (Phi) is 7.24. The average Bonchev–Trinajstić information content (AvgIpc) is 2.14. The molecule has 1 unspecified atom stereocenters. The number of aliphatic carboxylic acids is 1. The van der Waals surface area contributed by atoms with Gasteiger partial charge in [-0.3, -0.25) is 9.69 Å². The normalized spacial score (nSPS) is 17.1. The van der Waals surface area contributed by atoms with Crippen molar-refractivity contribution < 1.29 is 25.2 Å². The van der Waals surface area contributed by atoms with Gasteiger partial charge in [-0.25, -0.2) is 0 Å². The Balaban J connectivity index is 3.88. The predicted molar refractivity (Wildman–Crippen MR) is 58.0 cm³/mol.